The molecular weight excluding hydrogens is 306 g/mol. The molecule has 21 heavy (non-hydrogen) atoms. The van der Waals surface area contributed by atoms with E-state index >= 15 is 0 Å². The molecule has 7 heteroatoms. The summed E-state index contributed by atoms with van der Waals surface area (Å²) in [5.74, 6) is -0.163. The van der Waals surface area contributed by atoms with Crippen LogP contribution in [0, 0.1) is 0 Å². The van der Waals surface area contributed by atoms with Crippen molar-refractivity contribution in [3.05, 3.63) is 40.9 Å². The van der Waals surface area contributed by atoms with Gasteiger partial charge < -0.3 is 5.73 Å². The molecule has 0 saturated carbocycles. The number of nitrogens with zero attached hydrogens (tertiary/aromatic N) is 1. The third kappa shape index (κ3) is 4.18. The molecule has 0 unspecified atom stereocenters. The van der Waals surface area contributed by atoms with E-state index in [9.17, 15) is 8.42 Å². The van der Waals surface area contributed by atoms with Crippen LogP contribution in [0.5, 0.6) is 0 Å². The van der Waals surface area contributed by atoms with Crippen LogP contribution in [0.1, 0.15) is 32.0 Å². The molecule has 0 saturated heterocycles. The molecule has 1 aromatic carbocycles. The quantitative estimate of drug-likeness (QED) is 0.846. The second-order valence-corrected chi connectivity index (χ2v) is 8.43. The standard InChI is InChI=1S/C14H19N3O2S2/c1-14(2,3)12-8-20-13(16-12)17-21(18,19)9-10-6-4-5-7-11(10)15/h4-8H,9,15H2,1-3H3,(H,16,17). The van der Waals surface area contributed by atoms with Gasteiger partial charge in [0.25, 0.3) is 0 Å². The number of aromatic nitrogens is 1. The van der Waals surface area contributed by atoms with E-state index < -0.39 is 10.0 Å². The van der Waals surface area contributed by atoms with Crippen molar-refractivity contribution in [2.24, 2.45) is 0 Å². The van der Waals surface area contributed by atoms with Gasteiger partial charge in [-0.05, 0) is 11.6 Å². The lowest BCUT2D eigenvalue weighted by molar-refractivity contribution is 0.573. The third-order valence-corrected chi connectivity index (χ3v) is 5.00. The number of hydrogen-bond donors (Lipinski definition) is 2. The Labute approximate surface area is 129 Å². The van der Waals surface area contributed by atoms with Crippen molar-refractivity contribution in [1.82, 2.24) is 4.98 Å². The van der Waals surface area contributed by atoms with Gasteiger partial charge in [0.15, 0.2) is 5.13 Å². The minimum atomic E-state index is -3.52. The van der Waals surface area contributed by atoms with Crippen molar-refractivity contribution in [3.63, 3.8) is 0 Å². The van der Waals surface area contributed by atoms with Crippen LogP contribution in [0.2, 0.25) is 0 Å². The van der Waals surface area contributed by atoms with Gasteiger partial charge in [0.2, 0.25) is 10.0 Å². The number of nitrogen functional groups attached to an aromatic ring is 1. The molecule has 0 atom stereocenters. The molecule has 3 N–H and O–H groups in total. The highest BCUT2D eigenvalue weighted by Crippen LogP contribution is 2.27. The van der Waals surface area contributed by atoms with Crippen LogP contribution in [0.25, 0.3) is 0 Å². The Kier molecular flexibility index (Phi) is 4.25. The number of rotatable bonds is 4. The monoisotopic (exact) mass is 325 g/mol. The van der Waals surface area contributed by atoms with Crippen molar-refractivity contribution in [2.75, 3.05) is 10.5 Å². The topological polar surface area (TPSA) is 85.1 Å². The lowest BCUT2D eigenvalue weighted by Gasteiger charge is -2.14. The molecule has 1 heterocycles. The van der Waals surface area contributed by atoms with E-state index in [1.54, 1.807) is 24.3 Å². The Morgan fingerprint density at radius 1 is 1.29 bits per heavy atom. The van der Waals surface area contributed by atoms with E-state index in [2.05, 4.69) is 9.71 Å². The first-order valence-corrected chi connectivity index (χ1v) is 9.00. The highest BCUT2D eigenvalue weighted by molar-refractivity contribution is 7.92. The van der Waals surface area contributed by atoms with E-state index in [0.717, 1.165) is 5.69 Å². The van der Waals surface area contributed by atoms with Gasteiger partial charge in [-0.25, -0.2) is 13.4 Å². The van der Waals surface area contributed by atoms with Crippen molar-refractivity contribution < 1.29 is 8.42 Å². The van der Waals surface area contributed by atoms with Gasteiger partial charge in [-0.3, -0.25) is 4.72 Å². The number of hydrogen-bond acceptors (Lipinski definition) is 5. The second kappa shape index (κ2) is 5.65. The first-order chi connectivity index (χ1) is 9.67. The van der Waals surface area contributed by atoms with Gasteiger partial charge in [0.05, 0.1) is 11.4 Å². The molecule has 0 radical (unpaired) electrons. The van der Waals surface area contributed by atoms with Gasteiger partial charge in [-0.2, -0.15) is 0 Å². The summed E-state index contributed by atoms with van der Waals surface area (Å²) in [6.45, 7) is 6.10. The van der Waals surface area contributed by atoms with E-state index in [1.165, 1.54) is 11.3 Å². The van der Waals surface area contributed by atoms with Crippen molar-refractivity contribution in [2.45, 2.75) is 31.9 Å². The Hall–Kier alpha value is -1.60. The summed E-state index contributed by atoms with van der Waals surface area (Å²) < 4.78 is 26.9. The summed E-state index contributed by atoms with van der Waals surface area (Å²) in [7, 11) is -3.52. The molecule has 0 aliphatic rings. The number of para-hydroxylation sites is 1. The molecular formula is C14H19N3O2S2. The highest BCUT2D eigenvalue weighted by atomic mass is 32.2. The zero-order valence-corrected chi connectivity index (χ0v) is 13.9. The summed E-state index contributed by atoms with van der Waals surface area (Å²) in [6, 6.07) is 6.93. The lowest BCUT2D eigenvalue weighted by atomic mass is 9.93. The van der Waals surface area contributed by atoms with Gasteiger partial charge >= 0.3 is 0 Å². The zero-order valence-electron chi connectivity index (χ0n) is 12.3. The summed E-state index contributed by atoms with van der Waals surface area (Å²) in [5.41, 5.74) is 7.59. The average Bonchev–Trinajstić information content (AvgIpc) is 2.79. The summed E-state index contributed by atoms with van der Waals surface area (Å²) in [5, 5.41) is 2.25. The molecule has 2 aromatic rings. The summed E-state index contributed by atoms with van der Waals surface area (Å²) in [6.07, 6.45) is 0. The smallest absolute Gasteiger partial charge is 0.238 e. The first-order valence-electron chi connectivity index (χ1n) is 6.47. The first kappa shape index (κ1) is 15.8. The van der Waals surface area contributed by atoms with Gasteiger partial charge in [-0.1, -0.05) is 39.0 Å². The van der Waals surface area contributed by atoms with Crippen LogP contribution >= 0.6 is 11.3 Å². The van der Waals surface area contributed by atoms with Crippen LogP contribution in [-0.2, 0) is 21.2 Å². The predicted octanol–water partition coefficient (Wildman–Crippen LogP) is 2.96. The predicted molar refractivity (Wildman–Crippen MR) is 87.9 cm³/mol. The fourth-order valence-corrected chi connectivity index (χ4v) is 4.11. The molecule has 0 amide bonds. The molecule has 114 valence electrons. The number of anilines is 2. The molecule has 0 spiro atoms. The minimum Gasteiger partial charge on any atom is -0.398 e. The van der Waals surface area contributed by atoms with Crippen LogP contribution in [-0.4, -0.2) is 13.4 Å². The molecule has 0 aliphatic carbocycles. The van der Waals surface area contributed by atoms with E-state index in [-0.39, 0.29) is 11.2 Å². The van der Waals surface area contributed by atoms with E-state index in [4.69, 9.17) is 5.73 Å². The Morgan fingerprint density at radius 2 is 1.95 bits per heavy atom. The van der Waals surface area contributed by atoms with E-state index in [1.807, 2.05) is 26.2 Å². The maximum Gasteiger partial charge on any atom is 0.238 e. The van der Waals surface area contributed by atoms with Gasteiger partial charge in [0.1, 0.15) is 0 Å². The Morgan fingerprint density at radius 3 is 2.52 bits per heavy atom. The fraction of sp³-hybridized carbons (Fsp3) is 0.357. The largest absolute Gasteiger partial charge is 0.398 e. The van der Waals surface area contributed by atoms with Crippen molar-refractivity contribution in [3.8, 4) is 0 Å². The van der Waals surface area contributed by atoms with Gasteiger partial charge in [-0.15, -0.1) is 11.3 Å². The van der Waals surface area contributed by atoms with Crippen molar-refractivity contribution >= 4 is 32.2 Å². The fourth-order valence-electron chi connectivity index (χ4n) is 1.70. The number of thiazole rings is 1. The highest BCUT2D eigenvalue weighted by Gasteiger charge is 2.20. The minimum absolute atomic E-state index is 0.107. The maximum atomic E-state index is 12.2. The van der Waals surface area contributed by atoms with Crippen LogP contribution < -0.4 is 10.5 Å². The van der Waals surface area contributed by atoms with E-state index in [0.29, 0.717) is 16.4 Å². The zero-order chi connectivity index (χ0) is 15.7. The SMILES string of the molecule is CC(C)(C)c1csc(NS(=O)(=O)Cc2ccccc2N)n1. The number of benzene rings is 1. The Bertz CT molecular complexity index is 731. The van der Waals surface area contributed by atoms with Crippen molar-refractivity contribution in [1.29, 1.82) is 0 Å². The van der Waals surface area contributed by atoms with Crippen LogP contribution in [0.3, 0.4) is 0 Å². The molecule has 5 nitrogen and oxygen atoms in total. The van der Waals surface area contributed by atoms with Gasteiger partial charge in [0, 0.05) is 16.5 Å². The number of nitrogens with two attached hydrogens (primary N) is 1. The molecule has 1 aromatic heterocycles. The summed E-state index contributed by atoms with van der Waals surface area (Å²) in [4.78, 5) is 4.33. The number of sulfonamides is 1. The van der Waals surface area contributed by atoms with Crippen LogP contribution in [0.4, 0.5) is 10.8 Å². The number of nitrogens with one attached hydrogen (secondary N) is 1. The summed E-state index contributed by atoms with van der Waals surface area (Å²) >= 11 is 1.29. The second-order valence-electron chi connectivity index (χ2n) is 5.85. The normalized spacial score (nSPS) is 12.3. The molecule has 0 fully saturated rings. The molecule has 2 rings (SSSR count). The lowest BCUT2D eigenvalue weighted by Crippen LogP contribution is -2.16. The maximum absolute atomic E-state index is 12.2. The third-order valence-electron chi connectivity index (χ3n) is 2.92. The molecule has 0 bridgehead atoms. The average molecular weight is 325 g/mol. The van der Waals surface area contributed by atoms with Crippen LogP contribution in [0.15, 0.2) is 29.6 Å². The molecule has 0 aliphatic heterocycles. The Balaban J connectivity index is 2.15.